The first-order valence-corrected chi connectivity index (χ1v) is 7.88. The number of aryl methyl sites for hydroxylation is 1. The number of nitrogens with zero attached hydrogens (tertiary/aromatic N) is 1. The molecule has 24 heavy (non-hydrogen) atoms. The van der Waals surface area contributed by atoms with Crippen molar-refractivity contribution >= 4 is 17.6 Å². The van der Waals surface area contributed by atoms with Gasteiger partial charge < -0.3 is 14.4 Å². The van der Waals surface area contributed by atoms with E-state index in [4.69, 9.17) is 9.47 Å². The molecule has 0 bridgehead atoms. The number of benzene rings is 2. The molecule has 0 unspecified atom stereocenters. The van der Waals surface area contributed by atoms with Gasteiger partial charge in [0.1, 0.15) is 5.75 Å². The van der Waals surface area contributed by atoms with E-state index in [1.165, 1.54) is 0 Å². The van der Waals surface area contributed by atoms with Crippen molar-refractivity contribution in [2.75, 3.05) is 18.1 Å². The SMILES string of the molecule is CCOC(=O)c1cccc(CN2C(=O)COc3ccc(C)cc32)c1. The second-order valence-electron chi connectivity index (χ2n) is 5.66. The Bertz CT molecular complexity index is 785. The maximum atomic E-state index is 12.3. The zero-order valence-corrected chi connectivity index (χ0v) is 13.7. The lowest BCUT2D eigenvalue weighted by Crippen LogP contribution is -2.38. The zero-order chi connectivity index (χ0) is 17.1. The summed E-state index contributed by atoms with van der Waals surface area (Å²) in [6.07, 6.45) is 0. The first-order chi connectivity index (χ1) is 11.6. The Labute approximate surface area is 140 Å². The number of amides is 1. The van der Waals surface area contributed by atoms with Crippen molar-refractivity contribution in [2.45, 2.75) is 20.4 Å². The zero-order valence-electron chi connectivity index (χ0n) is 13.7. The summed E-state index contributed by atoms with van der Waals surface area (Å²) in [7, 11) is 0. The standard InChI is InChI=1S/C19H19NO4/c1-3-23-19(22)15-6-4-5-14(10-15)11-20-16-9-13(2)7-8-17(16)24-12-18(20)21/h4-10H,3,11-12H2,1-2H3. The van der Waals surface area contributed by atoms with E-state index >= 15 is 0 Å². The fourth-order valence-electron chi connectivity index (χ4n) is 2.68. The van der Waals surface area contributed by atoms with Crippen molar-refractivity contribution < 1.29 is 19.1 Å². The molecule has 2 aromatic rings. The number of carbonyl (C=O) groups is 2. The van der Waals surface area contributed by atoms with Gasteiger partial charge in [-0.2, -0.15) is 0 Å². The van der Waals surface area contributed by atoms with E-state index in [9.17, 15) is 9.59 Å². The van der Waals surface area contributed by atoms with Gasteiger partial charge in [0.05, 0.1) is 24.4 Å². The van der Waals surface area contributed by atoms with Crippen LogP contribution in [0.25, 0.3) is 0 Å². The molecule has 5 heteroatoms. The van der Waals surface area contributed by atoms with E-state index in [0.717, 1.165) is 16.8 Å². The van der Waals surface area contributed by atoms with Gasteiger partial charge in [0.25, 0.3) is 5.91 Å². The second-order valence-corrected chi connectivity index (χ2v) is 5.66. The van der Waals surface area contributed by atoms with Gasteiger partial charge in [0, 0.05) is 0 Å². The predicted molar refractivity (Wildman–Crippen MR) is 90.3 cm³/mol. The Hall–Kier alpha value is -2.82. The number of carbonyl (C=O) groups excluding carboxylic acids is 2. The molecule has 1 heterocycles. The van der Waals surface area contributed by atoms with Gasteiger partial charge >= 0.3 is 5.97 Å². The van der Waals surface area contributed by atoms with Crippen molar-refractivity contribution in [3.63, 3.8) is 0 Å². The monoisotopic (exact) mass is 325 g/mol. The average molecular weight is 325 g/mol. The van der Waals surface area contributed by atoms with Gasteiger partial charge in [-0.25, -0.2) is 4.79 Å². The molecule has 0 aromatic heterocycles. The average Bonchev–Trinajstić information content (AvgIpc) is 2.58. The molecule has 3 rings (SSSR count). The highest BCUT2D eigenvalue weighted by Gasteiger charge is 2.25. The molecule has 0 N–H and O–H groups in total. The van der Waals surface area contributed by atoms with E-state index in [2.05, 4.69) is 0 Å². The Morgan fingerprint density at radius 2 is 2.08 bits per heavy atom. The summed E-state index contributed by atoms with van der Waals surface area (Å²) >= 11 is 0. The van der Waals surface area contributed by atoms with Crippen molar-refractivity contribution in [3.05, 3.63) is 59.2 Å². The number of rotatable bonds is 4. The molecule has 0 saturated carbocycles. The molecule has 1 amide bonds. The minimum atomic E-state index is -0.358. The first-order valence-electron chi connectivity index (χ1n) is 7.88. The third-order valence-electron chi connectivity index (χ3n) is 3.84. The van der Waals surface area contributed by atoms with E-state index in [1.807, 2.05) is 31.2 Å². The highest BCUT2D eigenvalue weighted by molar-refractivity contribution is 5.98. The van der Waals surface area contributed by atoms with Crippen LogP contribution in [-0.4, -0.2) is 25.1 Å². The van der Waals surface area contributed by atoms with E-state index in [1.54, 1.807) is 30.0 Å². The van der Waals surface area contributed by atoms with E-state index < -0.39 is 0 Å². The summed E-state index contributed by atoms with van der Waals surface area (Å²) in [5, 5.41) is 0. The first kappa shape index (κ1) is 16.1. The Morgan fingerprint density at radius 1 is 1.25 bits per heavy atom. The Morgan fingerprint density at radius 3 is 2.88 bits per heavy atom. The fourth-order valence-corrected chi connectivity index (χ4v) is 2.68. The molecule has 1 aliphatic rings. The molecular weight excluding hydrogens is 306 g/mol. The topological polar surface area (TPSA) is 55.8 Å². The van der Waals surface area contributed by atoms with Crippen molar-refractivity contribution in [1.29, 1.82) is 0 Å². The highest BCUT2D eigenvalue weighted by atomic mass is 16.5. The minimum absolute atomic E-state index is 0.0215. The van der Waals surface area contributed by atoms with Gasteiger partial charge in [-0.1, -0.05) is 18.2 Å². The van der Waals surface area contributed by atoms with Gasteiger partial charge in [0.15, 0.2) is 6.61 Å². The highest BCUT2D eigenvalue weighted by Crippen LogP contribution is 2.33. The van der Waals surface area contributed by atoms with Crippen molar-refractivity contribution in [1.82, 2.24) is 0 Å². The van der Waals surface area contributed by atoms with E-state index in [-0.39, 0.29) is 18.5 Å². The van der Waals surface area contributed by atoms with Crippen LogP contribution >= 0.6 is 0 Å². The van der Waals surface area contributed by atoms with Gasteiger partial charge in [-0.15, -0.1) is 0 Å². The van der Waals surface area contributed by atoms with E-state index in [0.29, 0.717) is 24.5 Å². The lowest BCUT2D eigenvalue weighted by molar-refractivity contribution is -0.121. The summed E-state index contributed by atoms with van der Waals surface area (Å²) in [6, 6.07) is 12.9. The van der Waals surface area contributed by atoms with Crippen molar-refractivity contribution in [3.8, 4) is 5.75 Å². The molecule has 0 spiro atoms. The summed E-state index contributed by atoms with van der Waals surface area (Å²) in [5.74, 6) is 0.236. The number of hydrogen-bond acceptors (Lipinski definition) is 4. The lowest BCUT2D eigenvalue weighted by atomic mass is 10.1. The van der Waals surface area contributed by atoms with Crippen LogP contribution in [0.4, 0.5) is 5.69 Å². The molecule has 0 fully saturated rings. The van der Waals surface area contributed by atoms with Gasteiger partial charge in [0.2, 0.25) is 0 Å². The molecule has 0 atom stereocenters. The van der Waals surface area contributed by atoms with Crippen LogP contribution in [0.2, 0.25) is 0 Å². The third kappa shape index (κ3) is 3.25. The third-order valence-corrected chi connectivity index (χ3v) is 3.84. The molecule has 1 aliphatic heterocycles. The molecule has 0 saturated heterocycles. The van der Waals surface area contributed by atoms with Crippen LogP contribution in [0.5, 0.6) is 5.75 Å². The molecule has 0 aliphatic carbocycles. The Balaban J connectivity index is 1.89. The van der Waals surface area contributed by atoms with Gasteiger partial charge in [-0.3, -0.25) is 4.79 Å². The maximum Gasteiger partial charge on any atom is 0.338 e. The molecule has 0 radical (unpaired) electrons. The number of anilines is 1. The number of esters is 1. The number of fused-ring (bicyclic) bond motifs is 1. The normalized spacial score (nSPS) is 13.2. The number of ether oxygens (including phenoxy) is 2. The van der Waals surface area contributed by atoms with Crippen LogP contribution in [0, 0.1) is 6.92 Å². The summed E-state index contributed by atoms with van der Waals surface area (Å²) < 4.78 is 10.5. The quantitative estimate of drug-likeness (QED) is 0.811. The summed E-state index contributed by atoms with van der Waals surface area (Å²) in [6.45, 7) is 4.48. The van der Waals surface area contributed by atoms with Crippen LogP contribution in [0.1, 0.15) is 28.4 Å². The van der Waals surface area contributed by atoms with Gasteiger partial charge in [-0.05, 0) is 49.2 Å². The lowest BCUT2D eigenvalue weighted by Gasteiger charge is -2.29. The minimum Gasteiger partial charge on any atom is -0.482 e. The fraction of sp³-hybridized carbons (Fsp3) is 0.263. The van der Waals surface area contributed by atoms with Crippen LogP contribution in [0.15, 0.2) is 42.5 Å². The maximum absolute atomic E-state index is 12.3. The number of hydrogen-bond donors (Lipinski definition) is 0. The largest absolute Gasteiger partial charge is 0.482 e. The van der Waals surface area contributed by atoms with Crippen molar-refractivity contribution in [2.24, 2.45) is 0 Å². The smallest absolute Gasteiger partial charge is 0.338 e. The summed E-state index contributed by atoms with van der Waals surface area (Å²) in [4.78, 5) is 25.9. The molecule has 5 nitrogen and oxygen atoms in total. The summed E-state index contributed by atoms with van der Waals surface area (Å²) in [5.41, 5.74) is 3.16. The van der Waals surface area contributed by atoms with Crippen LogP contribution in [-0.2, 0) is 16.1 Å². The van der Waals surface area contributed by atoms with Crippen LogP contribution < -0.4 is 9.64 Å². The van der Waals surface area contributed by atoms with Crippen LogP contribution in [0.3, 0.4) is 0 Å². The molecule has 124 valence electrons. The Kier molecular flexibility index (Phi) is 4.51. The molecule has 2 aromatic carbocycles. The molecular formula is C19H19NO4. The predicted octanol–water partition coefficient (Wildman–Crippen LogP) is 3.10. The second kappa shape index (κ2) is 6.74.